The SMILES string of the molecule is COC1CCC1C(N)=O. The summed E-state index contributed by atoms with van der Waals surface area (Å²) >= 11 is 0. The lowest BCUT2D eigenvalue weighted by atomic mass is 9.81. The van der Waals surface area contributed by atoms with Gasteiger partial charge in [-0.1, -0.05) is 0 Å². The van der Waals surface area contributed by atoms with Crippen LogP contribution < -0.4 is 5.73 Å². The number of amides is 1. The van der Waals surface area contributed by atoms with Crippen LogP contribution in [0.5, 0.6) is 0 Å². The van der Waals surface area contributed by atoms with Crippen molar-refractivity contribution in [1.29, 1.82) is 0 Å². The molecule has 9 heavy (non-hydrogen) atoms. The maximum absolute atomic E-state index is 10.5. The van der Waals surface area contributed by atoms with Crippen LogP contribution in [0.15, 0.2) is 0 Å². The topological polar surface area (TPSA) is 52.3 Å². The molecule has 0 aromatic carbocycles. The van der Waals surface area contributed by atoms with E-state index >= 15 is 0 Å². The van der Waals surface area contributed by atoms with Crippen molar-refractivity contribution in [3.63, 3.8) is 0 Å². The van der Waals surface area contributed by atoms with Crippen molar-refractivity contribution >= 4 is 5.91 Å². The van der Waals surface area contributed by atoms with Gasteiger partial charge in [-0.25, -0.2) is 0 Å². The number of hydrogen-bond acceptors (Lipinski definition) is 2. The molecule has 1 rings (SSSR count). The number of carbonyl (C=O) groups excluding carboxylic acids is 1. The van der Waals surface area contributed by atoms with Gasteiger partial charge < -0.3 is 10.5 Å². The predicted molar refractivity (Wildman–Crippen MR) is 32.7 cm³/mol. The van der Waals surface area contributed by atoms with Crippen molar-refractivity contribution in [2.45, 2.75) is 18.9 Å². The zero-order valence-electron chi connectivity index (χ0n) is 5.46. The van der Waals surface area contributed by atoms with Crippen LogP contribution >= 0.6 is 0 Å². The molecule has 2 atom stereocenters. The van der Waals surface area contributed by atoms with Gasteiger partial charge in [0.2, 0.25) is 5.91 Å². The maximum atomic E-state index is 10.5. The van der Waals surface area contributed by atoms with Crippen LogP contribution in [-0.4, -0.2) is 19.1 Å². The summed E-state index contributed by atoms with van der Waals surface area (Å²) in [6, 6.07) is 0. The van der Waals surface area contributed by atoms with Gasteiger partial charge in [-0.3, -0.25) is 4.79 Å². The van der Waals surface area contributed by atoms with Gasteiger partial charge in [0, 0.05) is 7.11 Å². The molecule has 1 fully saturated rings. The maximum Gasteiger partial charge on any atom is 0.223 e. The molecule has 2 N–H and O–H groups in total. The van der Waals surface area contributed by atoms with Crippen LogP contribution in [0.3, 0.4) is 0 Å². The lowest BCUT2D eigenvalue weighted by Crippen LogP contribution is -2.42. The summed E-state index contributed by atoms with van der Waals surface area (Å²) in [5, 5.41) is 0. The van der Waals surface area contributed by atoms with Gasteiger partial charge in [-0.15, -0.1) is 0 Å². The normalized spacial score (nSPS) is 33.4. The van der Waals surface area contributed by atoms with Gasteiger partial charge in [-0.2, -0.15) is 0 Å². The fraction of sp³-hybridized carbons (Fsp3) is 0.833. The molecule has 2 unspecified atom stereocenters. The Bertz CT molecular complexity index is 122. The summed E-state index contributed by atoms with van der Waals surface area (Å²) in [4.78, 5) is 10.5. The predicted octanol–water partition coefficient (Wildman–Crippen LogP) is -0.103. The Hall–Kier alpha value is -0.570. The number of hydrogen-bond donors (Lipinski definition) is 1. The molecule has 0 radical (unpaired) electrons. The first-order chi connectivity index (χ1) is 4.25. The molecule has 3 nitrogen and oxygen atoms in total. The summed E-state index contributed by atoms with van der Waals surface area (Å²) < 4.78 is 4.96. The minimum atomic E-state index is -0.229. The summed E-state index contributed by atoms with van der Waals surface area (Å²) in [5.41, 5.74) is 5.04. The van der Waals surface area contributed by atoms with E-state index in [0.29, 0.717) is 0 Å². The Morgan fingerprint density at radius 1 is 1.67 bits per heavy atom. The van der Waals surface area contributed by atoms with E-state index < -0.39 is 0 Å². The summed E-state index contributed by atoms with van der Waals surface area (Å²) in [6.07, 6.45) is 1.97. The van der Waals surface area contributed by atoms with Crippen molar-refractivity contribution < 1.29 is 9.53 Å². The number of nitrogens with two attached hydrogens (primary N) is 1. The smallest absolute Gasteiger partial charge is 0.223 e. The van der Waals surface area contributed by atoms with Crippen LogP contribution in [0.4, 0.5) is 0 Å². The first kappa shape index (κ1) is 6.55. The van der Waals surface area contributed by atoms with Gasteiger partial charge >= 0.3 is 0 Å². The number of rotatable bonds is 2. The van der Waals surface area contributed by atoms with Gasteiger partial charge in [0.1, 0.15) is 0 Å². The van der Waals surface area contributed by atoms with Crippen LogP contribution in [0.25, 0.3) is 0 Å². The standard InChI is InChI=1S/C6H11NO2/c1-9-5-3-2-4(5)6(7)8/h4-5H,2-3H2,1H3,(H2,7,8). The molecule has 1 saturated carbocycles. The molecular weight excluding hydrogens is 118 g/mol. The zero-order chi connectivity index (χ0) is 6.85. The molecule has 0 aromatic heterocycles. The molecule has 1 aliphatic carbocycles. The van der Waals surface area contributed by atoms with Crippen molar-refractivity contribution in [3.05, 3.63) is 0 Å². The first-order valence-corrected chi connectivity index (χ1v) is 3.08. The van der Waals surface area contributed by atoms with Crippen LogP contribution in [-0.2, 0) is 9.53 Å². The van der Waals surface area contributed by atoms with E-state index in [9.17, 15) is 4.79 Å². The first-order valence-electron chi connectivity index (χ1n) is 3.08. The van der Waals surface area contributed by atoms with Crippen molar-refractivity contribution in [3.8, 4) is 0 Å². The summed E-state index contributed by atoms with van der Waals surface area (Å²) in [7, 11) is 1.61. The van der Waals surface area contributed by atoms with Crippen molar-refractivity contribution in [1.82, 2.24) is 0 Å². The van der Waals surface area contributed by atoms with Crippen molar-refractivity contribution in [2.24, 2.45) is 11.7 Å². The van der Waals surface area contributed by atoms with Crippen molar-refractivity contribution in [2.75, 3.05) is 7.11 Å². The molecule has 0 aromatic rings. The molecule has 0 spiro atoms. The second-order valence-electron chi connectivity index (χ2n) is 2.36. The summed E-state index contributed by atoms with van der Waals surface area (Å²) in [5.74, 6) is -0.247. The van der Waals surface area contributed by atoms with Gasteiger partial charge in [-0.05, 0) is 12.8 Å². The zero-order valence-corrected chi connectivity index (χ0v) is 5.46. The van der Waals surface area contributed by atoms with Gasteiger partial charge in [0.25, 0.3) is 0 Å². The van der Waals surface area contributed by atoms with E-state index in [4.69, 9.17) is 10.5 Å². The van der Waals surface area contributed by atoms with E-state index in [-0.39, 0.29) is 17.9 Å². The molecule has 3 heteroatoms. The molecular formula is C6H11NO2. The Morgan fingerprint density at radius 3 is 2.44 bits per heavy atom. The Kier molecular flexibility index (Phi) is 1.71. The lowest BCUT2D eigenvalue weighted by molar-refractivity contribution is -0.132. The van der Waals surface area contributed by atoms with E-state index in [0.717, 1.165) is 12.8 Å². The highest BCUT2D eigenvalue weighted by Gasteiger charge is 2.34. The second kappa shape index (κ2) is 2.35. The van der Waals surface area contributed by atoms with E-state index in [1.807, 2.05) is 0 Å². The second-order valence-corrected chi connectivity index (χ2v) is 2.36. The summed E-state index contributed by atoms with van der Waals surface area (Å²) in [6.45, 7) is 0. The largest absolute Gasteiger partial charge is 0.381 e. The minimum Gasteiger partial charge on any atom is -0.381 e. The van der Waals surface area contributed by atoms with Crippen LogP contribution in [0.2, 0.25) is 0 Å². The fourth-order valence-electron chi connectivity index (χ4n) is 1.08. The minimum absolute atomic E-state index is 0.0185. The third kappa shape index (κ3) is 1.05. The lowest BCUT2D eigenvalue weighted by Gasteiger charge is -2.32. The average molecular weight is 129 g/mol. The van der Waals surface area contributed by atoms with Gasteiger partial charge in [0.05, 0.1) is 12.0 Å². The highest BCUT2D eigenvalue weighted by atomic mass is 16.5. The molecule has 0 heterocycles. The molecule has 52 valence electrons. The van der Waals surface area contributed by atoms with Crippen LogP contribution in [0.1, 0.15) is 12.8 Å². The molecule has 1 amide bonds. The Morgan fingerprint density at radius 2 is 2.33 bits per heavy atom. The Balaban J connectivity index is 2.35. The highest BCUT2D eigenvalue weighted by Crippen LogP contribution is 2.28. The molecule has 0 saturated heterocycles. The van der Waals surface area contributed by atoms with Crippen LogP contribution in [0, 0.1) is 5.92 Å². The Labute approximate surface area is 54.2 Å². The third-order valence-electron chi connectivity index (χ3n) is 1.88. The quantitative estimate of drug-likeness (QED) is 0.566. The monoisotopic (exact) mass is 129 g/mol. The highest BCUT2D eigenvalue weighted by molar-refractivity contribution is 5.78. The number of methoxy groups -OCH3 is 1. The average Bonchev–Trinajstić information content (AvgIpc) is 1.61. The van der Waals surface area contributed by atoms with E-state index in [2.05, 4.69) is 0 Å². The van der Waals surface area contributed by atoms with E-state index in [1.165, 1.54) is 0 Å². The van der Waals surface area contributed by atoms with E-state index in [1.54, 1.807) is 7.11 Å². The number of ether oxygens (including phenoxy) is 1. The number of carbonyl (C=O) groups is 1. The number of primary amides is 1. The molecule has 0 bridgehead atoms. The third-order valence-corrected chi connectivity index (χ3v) is 1.88. The fourth-order valence-corrected chi connectivity index (χ4v) is 1.08. The molecule has 1 aliphatic rings. The van der Waals surface area contributed by atoms with Gasteiger partial charge in [0.15, 0.2) is 0 Å². The molecule has 0 aliphatic heterocycles.